The number of hydrogen-bond donors (Lipinski definition) is 0. The predicted molar refractivity (Wildman–Crippen MR) is 73.0 cm³/mol. The molecule has 0 N–H and O–H groups in total. The maximum Gasteiger partial charge on any atom is 0.254 e. The van der Waals surface area contributed by atoms with Crippen LogP contribution in [-0.2, 0) is 0 Å². The Morgan fingerprint density at radius 2 is 2.41 bits per heavy atom. The number of amides is 1. The van der Waals surface area contributed by atoms with Crippen LogP contribution in [0.25, 0.3) is 0 Å². The van der Waals surface area contributed by atoms with Crippen LogP contribution in [0.1, 0.15) is 35.2 Å². The highest BCUT2D eigenvalue weighted by Gasteiger charge is 2.25. The van der Waals surface area contributed by atoms with Gasteiger partial charge in [-0.1, -0.05) is 0 Å². The van der Waals surface area contributed by atoms with Crippen LogP contribution >= 0.6 is 22.9 Å². The van der Waals surface area contributed by atoms with Gasteiger partial charge in [-0.05, 0) is 43.0 Å². The average molecular weight is 272 g/mol. The summed E-state index contributed by atoms with van der Waals surface area (Å²) in [6, 6.07) is 0. The summed E-state index contributed by atoms with van der Waals surface area (Å²) in [5.41, 5.74) is 1.97. The molecule has 0 aliphatic carbocycles. The molecule has 2 nitrogen and oxygen atoms in total. The Kier molecular flexibility index (Phi) is 4.46. The molecule has 1 aliphatic heterocycles. The lowest BCUT2D eigenvalue weighted by atomic mass is 9.95. The largest absolute Gasteiger partial charge is 0.338 e. The quantitative estimate of drug-likeness (QED) is 0.770. The third-order valence-electron chi connectivity index (χ3n) is 3.41. The number of rotatable bonds is 3. The molecule has 1 fully saturated rings. The molecular formula is C13H18ClNOS. The summed E-state index contributed by atoms with van der Waals surface area (Å²) in [6.07, 6.45) is 3.34. The Bertz CT molecular complexity index is 389. The lowest BCUT2D eigenvalue weighted by Crippen LogP contribution is -2.40. The summed E-state index contributed by atoms with van der Waals surface area (Å²) >= 11 is 7.39. The lowest BCUT2D eigenvalue weighted by molar-refractivity contribution is 0.0671. The monoisotopic (exact) mass is 271 g/mol. The maximum absolute atomic E-state index is 12.3. The van der Waals surface area contributed by atoms with Gasteiger partial charge in [-0.2, -0.15) is 11.3 Å². The minimum atomic E-state index is 0.197. The van der Waals surface area contributed by atoms with Crippen molar-refractivity contribution in [2.75, 3.05) is 19.0 Å². The van der Waals surface area contributed by atoms with Crippen LogP contribution in [0, 0.1) is 12.8 Å². The number of carbonyl (C=O) groups excluding carboxylic acids is 1. The second-order valence-electron chi connectivity index (χ2n) is 4.71. The van der Waals surface area contributed by atoms with Gasteiger partial charge in [-0.15, -0.1) is 11.6 Å². The van der Waals surface area contributed by atoms with Crippen LogP contribution in [-0.4, -0.2) is 29.8 Å². The normalized spacial score (nSPS) is 20.6. The summed E-state index contributed by atoms with van der Waals surface area (Å²) in [4.78, 5) is 14.3. The molecule has 17 heavy (non-hydrogen) atoms. The standard InChI is InChI=1S/C13H18ClNOS/c1-10-8-17-9-12(10)13(16)15-6-2-3-11(7-15)4-5-14/h8-9,11H,2-7H2,1H3. The first-order valence-electron chi connectivity index (χ1n) is 6.10. The Morgan fingerprint density at radius 3 is 3.06 bits per heavy atom. The molecule has 0 bridgehead atoms. The first-order chi connectivity index (χ1) is 8.22. The van der Waals surface area contributed by atoms with E-state index in [4.69, 9.17) is 11.6 Å². The Balaban J connectivity index is 2.02. The van der Waals surface area contributed by atoms with Crippen molar-refractivity contribution < 1.29 is 4.79 Å². The minimum absolute atomic E-state index is 0.197. The second-order valence-corrected chi connectivity index (χ2v) is 5.83. The lowest BCUT2D eigenvalue weighted by Gasteiger charge is -2.32. The van der Waals surface area contributed by atoms with Gasteiger partial charge in [0.05, 0.1) is 5.56 Å². The van der Waals surface area contributed by atoms with Gasteiger partial charge in [-0.3, -0.25) is 4.79 Å². The number of aryl methyl sites for hydroxylation is 1. The highest BCUT2D eigenvalue weighted by Crippen LogP contribution is 2.23. The zero-order valence-corrected chi connectivity index (χ0v) is 11.7. The van der Waals surface area contributed by atoms with E-state index in [2.05, 4.69) is 0 Å². The van der Waals surface area contributed by atoms with E-state index < -0.39 is 0 Å². The van der Waals surface area contributed by atoms with Crippen molar-refractivity contribution in [1.29, 1.82) is 0 Å². The first-order valence-corrected chi connectivity index (χ1v) is 7.58. The zero-order chi connectivity index (χ0) is 12.3. The van der Waals surface area contributed by atoms with E-state index in [1.54, 1.807) is 11.3 Å². The molecule has 1 aromatic heterocycles. The van der Waals surface area contributed by atoms with Crippen molar-refractivity contribution in [2.24, 2.45) is 5.92 Å². The number of thiophene rings is 1. The van der Waals surface area contributed by atoms with Gasteiger partial charge in [0.1, 0.15) is 0 Å². The van der Waals surface area contributed by atoms with Crippen LogP contribution in [0.3, 0.4) is 0 Å². The molecule has 1 unspecified atom stereocenters. The maximum atomic E-state index is 12.3. The second kappa shape index (κ2) is 5.87. The highest BCUT2D eigenvalue weighted by molar-refractivity contribution is 7.08. The van der Waals surface area contributed by atoms with Crippen molar-refractivity contribution in [3.8, 4) is 0 Å². The molecule has 0 saturated carbocycles. The topological polar surface area (TPSA) is 20.3 Å². The molecule has 0 radical (unpaired) electrons. The molecule has 2 rings (SSSR count). The number of carbonyl (C=O) groups is 1. The van der Waals surface area contributed by atoms with E-state index in [0.29, 0.717) is 11.8 Å². The summed E-state index contributed by atoms with van der Waals surface area (Å²) in [7, 11) is 0. The average Bonchev–Trinajstić information content (AvgIpc) is 2.75. The number of nitrogens with zero attached hydrogens (tertiary/aromatic N) is 1. The molecule has 1 amide bonds. The number of halogens is 1. The fraction of sp³-hybridized carbons (Fsp3) is 0.615. The van der Waals surface area contributed by atoms with Gasteiger partial charge in [0.15, 0.2) is 0 Å². The Labute approximate surface area is 112 Å². The molecule has 1 aliphatic rings. The van der Waals surface area contributed by atoms with Crippen LogP contribution in [0.4, 0.5) is 0 Å². The number of piperidine rings is 1. The van der Waals surface area contributed by atoms with Gasteiger partial charge in [0.25, 0.3) is 5.91 Å². The third-order valence-corrected chi connectivity index (χ3v) is 4.49. The Hall–Kier alpha value is -0.540. The van der Waals surface area contributed by atoms with Crippen molar-refractivity contribution in [1.82, 2.24) is 4.90 Å². The van der Waals surface area contributed by atoms with Crippen molar-refractivity contribution in [3.63, 3.8) is 0 Å². The van der Waals surface area contributed by atoms with Crippen molar-refractivity contribution in [3.05, 3.63) is 21.9 Å². The molecule has 4 heteroatoms. The molecule has 0 spiro atoms. The summed E-state index contributed by atoms with van der Waals surface area (Å²) in [5, 5.41) is 4.00. The molecule has 94 valence electrons. The zero-order valence-electron chi connectivity index (χ0n) is 10.1. The first kappa shape index (κ1) is 12.9. The minimum Gasteiger partial charge on any atom is -0.338 e. The van der Waals surface area contributed by atoms with Gasteiger partial charge < -0.3 is 4.90 Å². The highest BCUT2D eigenvalue weighted by atomic mass is 35.5. The van der Waals surface area contributed by atoms with Crippen molar-refractivity contribution >= 4 is 28.8 Å². The van der Waals surface area contributed by atoms with E-state index in [-0.39, 0.29) is 5.91 Å². The van der Waals surface area contributed by atoms with E-state index in [1.807, 2.05) is 22.6 Å². The van der Waals surface area contributed by atoms with E-state index in [9.17, 15) is 4.79 Å². The fourth-order valence-electron chi connectivity index (χ4n) is 2.39. The molecule has 1 aromatic rings. The molecule has 1 saturated heterocycles. The third kappa shape index (κ3) is 3.02. The molecule has 0 aromatic carbocycles. The van der Waals surface area contributed by atoms with Crippen LogP contribution in [0.2, 0.25) is 0 Å². The number of likely N-dealkylation sites (tertiary alicyclic amines) is 1. The molecule has 2 heterocycles. The van der Waals surface area contributed by atoms with E-state index in [0.717, 1.165) is 37.1 Å². The smallest absolute Gasteiger partial charge is 0.254 e. The predicted octanol–water partition coefficient (Wildman–Crippen LogP) is 3.54. The van der Waals surface area contributed by atoms with Crippen LogP contribution in [0.5, 0.6) is 0 Å². The fourth-order valence-corrected chi connectivity index (χ4v) is 3.52. The van der Waals surface area contributed by atoms with Gasteiger partial charge in [0.2, 0.25) is 0 Å². The summed E-state index contributed by atoms with van der Waals surface area (Å²) in [5.74, 6) is 1.48. The SMILES string of the molecule is Cc1cscc1C(=O)N1CCCC(CCCl)C1. The Morgan fingerprint density at radius 1 is 1.59 bits per heavy atom. The molecular weight excluding hydrogens is 254 g/mol. The van der Waals surface area contributed by atoms with E-state index in [1.165, 1.54) is 6.42 Å². The van der Waals surface area contributed by atoms with Gasteiger partial charge in [-0.25, -0.2) is 0 Å². The van der Waals surface area contributed by atoms with E-state index >= 15 is 0 Å². The molecule has 1 atom stereocenters. The van der Waals surface area contributed by atoms with Crippen LogP contribution in [0.15, 0.2) is 10.8 Å². The van der Waals surface area contributed by atoms with Gasteiger partial charge in [0, 0.05) is 24.3 Å². The number of hydrogen-bond acceptors (Lipinski definition) is 2. The number of alkyl halides is 1. The van der Waals surface area contributed by atoms with Crippen LogP contribution < -0.4 is 0 Å². The van der Waals surface area contributed by atoms with Crippen molar-refractivity contribution in [2.45, 2.75) is 26.2 Å². The van der Waals surface area contributed by atoms with Gasteiger partial charge >= 0.3 is 0 Å². The summed E-state index contributed by atoms with van der Waals surface area (Å²) < 4.78 is 0. The summed E-state index contributed by atoms with van der Waals surface area (Å²) in [6.45, 7) is 3.78.